The number of benzene rings is 1. The topological polar surface area (TPSA) is 32.3 Å². The Labute approximate surface area is 136 Å². The van der Waals surface area contributed by atoms with Gasteiger partial charge in [-0.1, -0.05) is 31.9 Å². The van der Waals surface area contributed by atoms with E-state index in [1.54, 1.807) is 0 Å². The van der Waals surface area contributed by atoms with Crippen molar-refractivity contribution in [2.75, 3.05) is 13.1 Å². The smallest absolute Gasteiger partial charge is 0.254 e. The van der Waals surface area contributed by atoms with Crippen LogP contribution in [-0.4, -0.2) is 36.0 Å². The Morgan fingerprint density at radius 3 is 2.55 bits per heavy atom. The number of amides is 1. The number of likely N-dealkylation sites (tertiary alicyclic amines) is 1. The monoisotopic (exact) mass is 400 g/mol. The second-order valence-electron chi connectivity index (χ2n) is 5.57. The molecule has 0 saturated carbocycles. The third-order valence-corrected chi connectivity index (χ3v) is 5.15. The van der Waals surface area contributed by atoms with Crippen molar-refractivity contribution in [1.82, 2.24) is 10.2 Å². The number of hydrogen-bond acceptors (Lipinski definition) is 2. The molecule has 3 rings (SSSR count). The summed E-state index contributed by atoms with van der Waals surface area (Å²) in [7, 11) is 0. The summed E-state index contributed by atoms with van der Waals surface area (Å²) in [4.78, 5) is 14.8. The zero-order chi connectivity index (χ0) is 14.1. The molecule has 1 amide bonds. The summed E-state index contributed by atoms with van der Waals surface area (Å²) in [6.07, 6.45) is 4.66. The molecule has 2 aliphatic rings. The molecule has 0 aliphatic carbocycles. The number of halogens is 2. The Kier molecular flexibility index (Phi) is 4.48. The van der Waals surface area contributed by atoms with Crippen LogP contribution >= 0.6 is 31.9 Å². The first-order valence-electron chi connectivity index (χ1n) is 7.15. The second kappa shape index (κ2) is 6.16. The van der Waals surface area contributed by atoms with E-state index in [1.165, 1.54) is 12.8 Å². The standard InChI is InChI=1S/C15H18Br2N2O/c16-11-7-10(8-12(17)9-11)15(20)19-6-2-4-14(19)13-3-1-5-18-13/h7-9,13-14,18H,1-6H2. The van der Waals surface area contributed by atoms with Gasteiger partial charge < -0.3 is 10.2 Å². The normalized spacial score (nSPS) is 26.2. The lowest BCUT2D eigenvalue weighted by molar-refractivity contribution is 0.0711. The maximum absolute atomic E-state index is 12.8. The maximum Gasteiger partial charge on any atom is 0.254 e. The molecule has 0 spiro atoms. The average Bonchev–Trinajstić information content (AvgIpc) is 3.07. The van der Waals surface area contributed by atoms with Crippen LogP contribution in [0.3, 0.4) is 0 Å². The Balaban J connectivity index is 1.81. The van der Waals surface area contributed by atoms with E-state index in [1.807, 2.05) is 18.2 Å². The fraction of sp³-hybridized carbons (Fsp3) is 0.533. The maximum atomic E-state index is 12.8. The third-order valence-electron chi connectivity index (χ3n) is 4.23. The van der Waals surface area contributed by atoms with Gasteiger partial charge in [-0.05, 0) is 50.4 Å². The van der Waals surface area contributed by atoms with Crippen LogP contribution in [0.25, 0.3) is 0 Å². The van der Waals surface area contributed by atoms with Crippen LogP contribution in [0.1, 0.15) is 36.0 Å². The van der Waals surface area contributed by atoms with Crippen molar-refractivity contribution in [3.63, 3.8) is 0 Å². The van der Waals surface area contributed by atoms with Crippen molar-refractivity contribution in [1.29, 1.82) is 0 Å². The van der Waals surface area contributed by atoms with Crippen molar-refractivity contribution in [2.45, 2.75) is 37.8 Å². The van der Waals surface area contributed by atoms with Crippen LogP contribution in [0.5, 0.6) is 0 Å². The van der Waals surface area contributed by atoms with Crippen molar-refractivity contribution < 1.29 is 4.79 Å². The lowest BCUT2D eigenvalue weighted by Gasteiger charge is -2.29. The molecule has 2 atom stereocenters. The van der Waals surface area contributed by atoms with Crippen LogP contribution < -0.4 is 5.32 Å². The lowest BCUT2D eigenvalue weighted by Crippen LogP contribution is -2.46. The first-order valence-corrected chi connectivity index (χ1v) is 8.74. The molecule has 1 aromatic rings. The highest BCUT2D eigenvalue weighted by molar-refractivity contribution is 9.11. The van der Waals surface area contributed by atoms with Crippen molar-refractivity contribution in [2.24, 2.45) is 0 Å². The van der Waals surface area contributed by atoms with Crippen molar-refractivity contribution in [3.8, 4) is 0 Å². The van der Waals surface area contributed by atoms with Crippen LogP contribution in [0.2, 0.25) is 0 Å². The summed E-state index contributed by atoms with van der Waals surface area (Å²) in [5.74, 6) is 0.156. The molecule has 2 unspecified atom stereocenters. The summed E-state index contributed by atoms with van der Waals surface area (Å²) < 4.78 is 1.87. The van der Waals surface area contributed by atoms with E-state index in [0.717, 1.165) is 40.4 Å². The molecule has 5 heteroatoms. The van der Waals surface area contributed by atoms with Gasteiger partial charge in [0, 0.05) is 33.1 Å². The first-order chi connectivity index (χ1) is 9.65. The molecule has 0 radical (unpaired) electrons. The minimum Gasteiger partial charge on any atom is -0.334 e. The van der Waals surface area contributed by atoms with Gasteiger partial charge in [-0.25, -0.2) is 0 Å². The van der Waals surface area contributed by atoms with Crippen LogP contribution in [0.4, 0.5) is 0 Å². The molecule has 2 aliphatic heterocycles. The zero-order valence-electron chi connectivity index (χ0n) is 11.2. The molecule has 2 saturated heterocycles. The van der Waals surface area contributed by atoms with E-state index in [4.69, 9.17) is 0 Å². The largest absolute Gasteiger partial charge is 0.334 e. The Bertz CT molecular complexity index is 494. The number of rotatable bonds is 2. The summed E-state index contributed by atoms with van der Waals surface area (Å²) in [6, 6.07) is 6.62. The van der Waals surface area contributed by atoms with Gasteiger partial charge in [0.15, 0.2) is 0 Å². The van der Waals surface area contributed by atoms with Crippen LogP contribution in [0, 0.1) is 0 Å². The molecule has 2 fully saturated rings. The van der Waals surface area contributed by atoms with Gasteiger partial charge in [0.25, 0.3) is 5.91 Å². The van der Waals surface area contributed by atoms with E-state index in [0.29, 0.717) is 12.1 Å². The van der Waals surface area contributed by atoms with Gasteiger partial charge >= 0.3 is 0 Å². The fourth-order valence-corrected chi connectivity index (χ4v) is 4.64. The molecule has 2 heterocycles. The highest BCUT2D eigenvalue weighted by atomic mass is 79.9. The highest BCUT2D eigenvalue weighted by Gasteiger charge is 2.36. The molecule has 20 heavy (non-hydrogen) atoms. The lowest BCUT2D eigenvalue weighted by atomic mass is 10.0. The molecule has 0 bridgehead atoms. The van der Waals surface area contributed by atoms with E-state index in [9.17, 15) is 4.79 Å². The molecule has 0 aromatic heterocycles. The van der Waals surface area contributed by atoms with E-state index in [2.05, 4.69) is 42.1 Å². The average molecular weight is 402 g/mol. The summed E-state index contributed by atoms with van der Waals surface area (Å²) in [6.45, 7) is 1.97. The van der Waals surface area contributed by atoms with E-state index >= 15 is 0 Å². The second-order valence-corrected chi connectivity index (χ2v) is 7.40. The van der Waals surface area contributed by atoms with Crippen molar-refractivity contribution in [3.05, 3.63) is 32.7 Å². The number of carbonyl (C=O) groups is 1. The summed E-state index contributed by atoms with van der Waals surface area (Å²) in [5.41, 5.74) is 0.760. The fourth-order valence-electron chi connectivity index (χ4n) is 3.35. The number of nitrogens with zero attached hydrogens (tertiary/aromatic N) is 1. The van der Waals surface area contributed by atoms with Crippen molar-refractivity contribution >= 4 is 37.8 Å². The Morgan fingerprint density at radius 2 is 1.90 bits per heavy atom. The minimum absolute atomic E-state index is 0.156. The Hall–Kier alpha value is -0.390. The number of hydrogen-bond donors (Lipinski definition) is 1. The molecular formula is C15H18Br2N2O. The molecule has 1 N–H and O–H groups in total. The van der Waals surface area contributed by atoms with Gasteiger partial charge in [-0.3, -0.25) is 4.79 Å². The molecule has 3 nitrogen and oxygen atoms in total. The predicted octanol–water partition coefficient (Wildman–Crippen LogP) is 3.57. The van der Waals surface area contributed by atoms with Gasteiger partial charge in [0.1, 0.15) is 0 Å². The number of nitrogens with one attached hydrogen (secondary N) is 1. The predicted molar refractivity (Wildman–Crippen MR) is 86.9 cm³/mol. The van der Waals surface area contributed by atoms with E-state index in [-0.39, 0.29) is 5.91 Å². The van der Waals surface area contributed by atoms with Gasteiger partial charge in [-0.2, -0.15) is 0 Å². The molecular weight excluding hydrogens is 384 g/mol. The van der Waals surface area contributed by atoms with Crippen LogP contribution in [0.15, 0.2) is 27.1 Å². The summed E-state index contributed by atoms with van der Waals surface area (Å²) in [5, 5.41) is 3.55. The number of carbonyl (C=O) groups excluding carboxylic acids is 1. The SMILES string of the molecule is O=C(c1cc(Br)cc(Br)c1)N1CCCC1C1CCCN1. The molecule has 1 aromatic carbocycles. The molecule has 108 valence electrons. The quantitative estimate of drug-likeness (QED) is 0.821. The van der Waals surface area contributed by atoms with Gasteiger partial charge in [0.05, 0.1) is 0 Å². The minimum atomic E-state index is 0.156. The van der Waals surface area contributed by atoms with Gasteiger partial charge in [0.2, 0.25) is 0 Å². The first kappa shape index (κ1) is 14.5. The highest BCUT2D eigenvalue weighted by Crippen LogP contribution is 2.28. The summed E-state index contributed by atoms with van der Waals surface area (Å²) >= 11 is 6.92. The Morgan fingerprint density at radius 1 is 1.15 bits per heavy atom. The third kappa shape index (κ3) is 2.95. The van der Waals surface area contributed by atoms with Crippen LogP contribution in [-0.2, 0) is 0 Å². The van der Waals surface area contributed by atoms with Gasteiger partial charge in [-0.15, -0.1) is 0 Å². The zero-order valence-corrected chi connectivity index (χ0v) is 14.4. The van der Waals surface area contributed by atoms with E-state index < -0.39 is 0 Å².